The van der Waals surface area contributed by atoms with Crippen molar-refractivity contribution in [2.75, 3.05) is 20.8 Å². The monoisotopic (exact) mass is 342 g/mol. The Kier molecular flexibility index (Phi) is 10.0. The molecule has 0 aliphatic rings. The van der Waals surface area contributed by atoms with Crippen molar-refractivity contribution in [2.45, 2.75) is 50.1 Å². The minimum Gasteiger partial charge on any atom is -0.384 e. The summed E-state index contributed by atoms with van der Waals surface area (Å²) in [5.41, 5.74) is 0. The molecule has 0 radical (unpaired) electrons. The fourth-order valence-corrected chi connectivity index (χ4v) is 3.17. The van der Waals surface area contributed by atoms with E-state index in [9.17, 15) is 0 Å². The number of hydrogen-bond donors (Lipinski definition) is 0. The number of hydrogen-bond acceptors (Lipinski definition) is 2. The molecule has 0 aromatic carbocycles. The maximum Gasteiger partial charge on any atom is 0.0633 e. The Morgan fingerprint density at radius 3 is 2.19 bits per heavy atom. The van der Waals surface area contributed by atoms with Crippen molar-refractivity contribution in [1.29, 1.82) is 0 Å². The van der Waals surface area contributed by atoms with E-state index >= 15 is 0 Å². The molecule has 3 unspecified atom stereocenters. The van der Waals surface area contributed by atoms with Gasteiger partial charge in [-0.2, -0.15) is 0 Å². The average Bonchev–Trinajstić information content (AvgIpc) is 2.23. The summed E-state index contributed by atoms with van der Waals surface area (Å²) in [7, 11) is 3.60. The number of methoxy groups -OCH3 is 2. The Morgan fingerprint density at radius 1 is 1.19 bits per heavy atom. The van der Waals surface area contributed by atoms with E-state index in [2.05, 4.69) is 43.4 Å². The maximum absolute atomic E-state index is 5.66. The zero-order valence-corrected chi connectivity index (χ0v) is 13.5. The highest BCUT2D eigenvalue weighted by atomic mass is 127. The van der Waals surface area contributed by atoms with E-state index in [1.54, 1.807) is 7.11 Å². The van der Waals surface area contributed by atoms with Gasteiger partial charge in [0.25, 0.3) is 0 Å². The molecule has 0 aliphatic heterocycles. The third kappa shape index (κ3) is 6.40. The molecule has 3 atom stereocenters. The van der Waals surface area contributed by atoms with Crippen LogP contribution in [0.5, 0.6) is 0 Å². The van der Waals surface area contributed by atoms with Gasteiger partial charge in [-0.25, -0.2) is 0 Å². The Morgan fingerprint density at radius 2 is 1.81 bits per heavy atom. The van der Waals surface area contributed by atoms with Crippen LogP contribution in [0.25, 0.3) is 0 Å². The Labute approximate surface area is 115 Å². The first kappa shape index (κ1) is 16.6. The average molecular weight is 342 g/mol. The van der Waals surface area contributed by atoms with Gasteiger partial charge in [0.05, 0.1) is 12.7 Å². The van der Waals surface area contributed by atoms with E-state index in [1.807, 2.05) is 7.11 Å². The second-order valence-corrected chi connectivity index (χ2v) is 6.52. The summed E-state index contributed by atoms with van der Waals surface area (Å²) in [5, 5.41) is 0. The van der Waals surface area contributed by atoms with E-state index in [4.69, 9.17) is 9.47 Å². The quantitative estimate of drug-likeness (QED) is 0.467. The first-order valence-corrected chi connectivity index (χ1v) is 7.47. The lowest BCUT2D eigenvalue weighted by Gasteiger charge is -2.30. The summed E-state index contributed by atoms with van der Waals surface area (Å²) in [4.78, 5) is 0. The molecule has 0 spiro atoms. The molecule has 98 valence electrons. The van der Waals surface area contributed by atoms with E-state index in [0.717, 1.165) is 13.0 Å². The van der Waals surface area contributed by atoms with Crippen LogP contribution in [0.15, 0.2) is 0 Å². The molecule has 0 saturated carbocycles. The molecule has 3 heteroatoms. The van der Waals surface area contributed by atoms with Crippen LogP contribution >= 0.6 is 22.6 Å². The van der Waals surface area contributed by atoms with Crippen molar-refractivity contribution in [2.24, 2.45) is 11.8 Å². The Balaban J connectivity index is 4.30. The van der Waals surface area contributed by atoms with Gasteiger partial charge in [-0.3, -0.25) is 0 Å². The van der Waals surface area contributed by atoms with Crippen LogP contribution in [-0.4, -0.2) is 30.9 Å². The smallest absolute Gasteiger partial charge is 0.0633 e. The van der Waals surface area contributed by atoms with Gasteiger partial charge < -0.3 is 9.47 Å². The molecular weight excluding hydrogens is 315 g/mol. The molecule has 0 rings (SSSR count). The first-order valence-electron chi connectivity index (χ1n) is 6.22. The predicted octanol–water partition coefficient (Wildman–Crippen LogP) is 3.91. The van der Waals surface area contributed by atoms with Crippen molar-refractivity contribution in [3.8, 4) is 0 Å². The fraction of sp³-hybridized carbons (Fsp3) is 1.00. The standard InChI is InChI=1S/C13H27IO2/c1-6-7-11(14)8-13(16-5)12(9-15-4)10(2)3/h10-13H,6-9H2,1-5H3. The highest BCUT2D eigenvalue weighted by Crippen LogP contribution is 2.25. The molecule has 0 heterocycles. The van der Waals surface area contributed by atoms with Gasteiger partial charge in [-0.15, -0.1) is 0 Å². The van der Waals surface area contributed by atoms with Crippen LogP contribution in [0.3, 0.4) is 0 Å². The molecule has 0 aliphatic carbocycles. The topological polar surface area (TPSA) is 18.5 Å². The number of ether oxygens (including phenoxy) is 2. The molecule has 0 saturated heterocycles. The summed E-state index contributed by atoms with van der Waals surface area (Å²) in [6.45, 7) is 7.53. The molecule has 16 heavy (non-hydrogen) atoms. The van der Waals surface area contributed by atoms with Crippen molar-refractivity contribution in [3.63, 3.8) is 0 Å². The van der Waals surface area contributed by atoms with E-state index < -0.39 is 0 Å². The molecule has 0 N–H and O–H groups in total. The normalized spacial score (nSPS) is 17.4. The molecular formula is C13H27IO2. The first-order chi connectivity index (χ1) is 7.56. The molecule has 2 nitrogen and oxygen atoms in total. The predicted molar refractivity (Wildman–Crippen MR) is 78.3 cm³/mol. The van der Waals surface area contributed by atoms with Crippen molar-refractivity contribution in [3.05, 3.63) is 0 Å². The molecule has 0 aromatic rings. The number of rotatable bonds is 9. The number of halogens is 1. The summed E-state index contributed by atoms with van der Waals surface area (Å²) in [6.07, 6.45) is 3.99. The van der Waals surface area contributed by atoms with Gasteiger partial charge in [-0.1, -0.05) is 49.8 Å². The van der Waals surface area contributed by atoms with Crippen molar-refractivity contribution >= 4 is 22.6 Å². The van der Waals surface area contributed by atoms with Crippen molar-refractivity contribution < 1.29 is 9.47 Å². The summed E-state index contributed by atoms with van der Waals surface area (Å²) in [5.74, 6) is 1.11. The van der Waals surface area contributed by atoms with Gasteiger partial charge in [0.15, 0.2) is 0 Å². The second kappa shape index (κ2) is 9.66. The van der Waals surface area contributed by atoms with Gasteiger partial charge in [-0.05, 0) is 18.8 Å². The Hall–Kier alpha value is 0.650. The van der Waals surface area contributed by atoms with Crippen LogP contribution < -0.4 is 0 Å². The van der Waals surface area contributed by atoms with Gasteiger partial charge in [0.1, 0.15) is 0 Å². The molecule has 0 fully saturated rings. The van der Waals surface area contributed by atoms with Crippen LogP contribution in [0, 0.1) is 11.8 Å². The Bertz CT molecular complexity index is 162. The third-order valence-electron chi connectivity index (χ3n) is 3.09. The molecule has 0 bridgehead atoms. The largest absolute Gasteiger partial charge is 0.384 e. The van der Waals surface area contributed by atoms with E-state index in [-0.39, 0.29) is 0 Å². The highest BCUT2D eigenvalue weighted by Gasteiger charge is 2.26. The molecule has 0 amide bonds. The van der Waals surface area contributed by atoms with Gasteiger partial charge in [0, 0.05) is 24.1 Å². The highest BCUT2D eigenvalue weighted by molar-refractivity contribution is 14.1. The lowest BCUT2D eigenvalue weighted by Crippen LogP contribution is -2.32. The maximum atomic E-state index is 5.66. The minimum atomic E-state index is 0.327. The van der Waals surface area contributed by atoms with Crippen LogP contribution in [0.1, 0.15) is 40.0 Å². The SMILES string of the molecule is CCCC(I)CC(OC)C(COC)C(C)C. The third-order valence-corrected chi connectivity index (χ3v) is 4.22. The zero-order chi connectivity index (χ0) is 12.6. The van der Waals surface area contributed by atoms with Gasteiger partial charge in [0.2, 0.25) is 0 Å². The van der Waals surface area contributed by atoms with Gasteiger partial charge >= 0.3 is 0 Å². The molecule has 0 aromatic heterocycles. The van der Waals surface area contributed by atoms with Crippen molar-refractivity contribution in [1.82, 2.24) is 0 Å². The lowest BCUT2D eigenvalue weighted by molar-refractivity contribution is -0.00925. The van der Waals surface area contributed by atoms with Crippen LogP contribution in [0.4, 0.5) is 0 Å². The van der Waals surface area contributed by atoms with Crippen LogP contribution in [-0.2, 0) is 9.47 Å². The van der Waals surface area contributed by atoms with Crippen LogP contribution in [0.2, 0.25) is 0 Å². The summed E-state index contributed by atoms with van der Waals surface area (Å²) in [6, 6.07) is 0. The second-order valence-electron chi connectivity index (χ2n) is 4.76. The minimum absolute atomic E-state index is 0.327. The summed E-state index contributed by atoms with van der Waals surface area (Å²) < 4.78 is 11.7. The van der Waals surface area contributed by atoms with E-state index in [0.29, 0.717) is 21.9 Å². The summed E-state index contributed by atoms with van der Waals surface area (Å²) >= 11 is 2.54. The van der Waals surface area contributed by atoms with E-state index in [1.165, 1.54) is 12.8 Å². The fourth-order valence-electron chi connectivity index (χ4n) is 2.05. The lowest BCUT2D eigenvalue weighted by atomic mass is 9.88. The number of alkyl halides is 1. The zero-order valence-electron chi connectivity index (χ0n) is 11.3.